The average molecular weight is 307 g/mol. The topological polar surface area (TPSA) is 35.2 Å². The van der Waals surface area contributed by atoms with E-state index in [4.69, 9.17) is 10.5 Å². The Balaban J connectivity index is 1.70. The standard InChI is InChI=1S/C16H15F2NOS/c17-11-6-5-10(12(18)8-11)7-13(19)15-9-21-16-4-2-1-3-14(16)20-15/h1-6,8,13,15H,7,9,19H2. The number of rotatable bonds is 3. The second-order valence-corrected chi connectivity index (χ2v) is 6.08. The fourth-order valence-electron chi connectivity index (χ4n) is 2.32. The van der Waals surface area contributed by atoms with Crippen LogP contribution in [0.25, 0.3) is 0 Å². The number of hydrogen-bond acceptors (Lipinski definition) is 3. The maximum absolute atomic E-state index is 13.7. The summed E-state index contributed by atoms with van der Waals surface area (Å²) in [7, 11) is 0. The summed E-state index contributed by atoms with van der Waals surface area (Å²) in [6, 6.07) is 11.0. The zero-order valence-corrected chi connectivity index (χ0v) is 12.1. The van der Waals surface area contributed by atoms with Gasteiger partial charge in [0.25, 0.3) is 0 Å². The molecule has 1 heterocycles. The van der Waals surface area contributed by atoms with Crippen molar-refractivity contribution in [3.05, 3.63) is 59.7 Å². The van der Waals surface area contributed by atoms with Crippen LogP contribution in [0.1, 0.15) is 5.56 Å². The summed E-state index contributed by atoms with van der Waals surface area (Å²) in [5, 5.41) is 0. The molecule has 110 valence electrons. The molecule has 2 atom stereocenters. The summed E-state index contributed by atoms with van der Waals surface area (Å²) in [5.41, 5.74) is 6.56. The minimum atomic E-state index is -0.580. The molecule has 0 saturated carbocycles. The summed E-state index contributed by atoms with van der Waals surface area (Å²) >= 11 is 1.68. The lowest BCUT2D eigenvalue weighted by molar-refractivity contribution is 0.183. The van der Waals surface area contributed by atoms with Crippen molar-refractivity contribution in [2.75, 3.05) is 5.75 Å². The quantitative estimate of drug-likeness (QED) is 0.944. The molecule has 1 aliphatic heterocycles. The molecule has 2 aromatic rings. The number of fused-ring (bicyclic) bond motifs is 1. The van der Waals surface area contributed by atoms with Crippen molar-refractivity contribution in [2.24, 2.45) is 5.73 Å². The van der Waals surface area contributed by atoms with Crippen molar-refractivity contribution >= 4 is 11.8 Å². The first kappa shape index (κ1) is 14.4. The lowest BCUT2D eigenvalue weighted by Gasteiger charge is -2.29. The molecule has 0 fully saturated rings. The van der Waals surface area contributed by atoms with Crippen molar-refractivity contribution < 1.29 is 13.5 Å². The molecule has 1 aliphatic rings. The summed E-state index contributed by atoms with van der Waals surface area (Å²) in [5.74, 6) is 0.396. The molecule has 2 N–H and O–H groups in total. The van der Waals surface area contributed by atoms with E-state index in [1.807, 2.05) is 24.3 Å². The highest BCUT2D eigenvalue weighted by Gasteiger charge is 2.26. The number of thioether (sulfide) groups is 1. The maximum Gasteiger partial charge on any atom is 0.133 e. The fraction of sp³-hybridized carbons (Fsp3) is 0.250. The van der Waals surface area contributed by atoms with E-state index in [9.17, 15) is 8.78 Å². The third kappa shape index (κ3) is 3.19. The van der Waals surface area contributed by atoms with Gasteiger partial charge in [0.1, 0.15) is 23.5 Å². The fourth-order valence-corrected chi connectivity index (χ4v) is 3.41. The SMILES string of the molecule is NC(Cc1ccc(F)cc1F)C1CSc2ccccc2O1. The Hall–Kier alpha value is -1.59. The van der Waals surface area contributed by atoms with Crippen LogP contribution in [0.5, 0.6) is 5.75 Å². The van der Waals surface area contributed by atoms with E-state index in [-0.39, 0.29) is 12.1 Å². The van der Waals surface area contributed by atoms with E-state index in [0.717, 1.165) is 22.5 Å². The van der Waals surface area contributed by atoms with Crippen LogP contribution in [0.3, 0.4) is 0 Å². The third-order valence-corrected chi connectivity index (χ3v) is 4.62. The third-order valence-electron chi connectivity index (χ3n) is 3.48. The van der Waals surface area contributed by atoms with E-state index < -0.39 is 11.6 Å². The highest BCUT2D eigenvalue weighted by Crippen LogP contribution is 2.35. The molecule has 0 amide bonds. The van der Waals surface area contributed by atoms with Crippen LogP contribution in [-0.4, -0.2) is 17.9 Å². The number of ether oxygens (including phenoxy) is 1. The first-order valence-corrected chi connectivity index (χ1v) is 7.70. The lowest BCUT2D eigenvalue weighted by Crippen LogP contribution is -2.43. The molecule has 21 heavy (non-hydrogen) atoms. The van der Waals surface area contributed by atoms with Gasteiger partial charge >= 0.3 is 0 Å². The van der Waals surface area contributed by atoms with Gasteiger partial charge in [0.05, 0.1) is 0 Å². The molecule has 0 bridgehead atoms. The molecular formula is C16H15F2NOS. The Morgan fingerprint density at radius 1 is 1.24 bits per heavy atom. The smallest absolute Gasteiger partial charge is 0.133 e. The summed E-state index contributed by atoms with van der Waals surface area (Å²) in [6.45, 7) is 0. The molecule has 5 heteroatoms. The van der Waals surface area contributed by atoms with Crippen LogP contribution in [-0.2, 0) is 6.42 Å². The molecule has 0 radical (unpaired) electrons. The van der Waals surface area contributed by atoms with Gasteiger partial charge in [-0.25, -0.2) is 8.78 Å². The minimum Gasteiger partial charge on any atom is -0.487 e. The van der Waals surface area contributed by atoms with Crippen molar-refractivity contribution in [3.8, 4) is 5.75 Å². The van der Waals surface area contributed by atoms with E-state index in [0.29, 0.717) is 12.0 Å². The van der Waals surface area contributed by atoms with Gasteiger partial charge in [-0.1, -0.05) is 18.2 Å². The van der Waals surface area contributed by atoms with Crippen LogP contribution in [0.4, 0.5) is 8.78 Å². The van der Waals surface area contributed by atoms with Crippen molar-refractivity contribution in [3.63, 3.8) is 0 Å². The lowest BCUT2D eigenvalue weighted by atomic mass is 10.0. The van der Waals surface area contributed by atoms with Gasteiger partial charge in [0, 0.05) is 22.8 Å². The zero-order valence-electron chi connectivity index (χ0n) is 11.3. The van der Waals surface area contributed by atoms with Gasteiger partial charge in [0.15, 0.2) is 0 Å². The van der Waals surface area contributed by atoms with E-state index in [1.165, 1.54) is 12.1 Å². The van der Waals surface area contributed by atoms with E-state index in [2.05, 4.69) is 0 Å². The maximum atomic E-state index is 13.7. The molecule has 3 rings (SSSR count). The van der Waals surface area contributed by atoms with Crippen LogP contribution >= 0.6 is 11.8 Å². The van der Waals surface area contributed by atoms with E-state index >= 15 is 0 Å². The van der Waals surface area contributed by atoms with Gasteiger partial charge in [-0.15, -0.1) is 11.8 Å². The molecule has 0 saturated heterocycles. The number of para-hydroxylation sites is 1. The highest BCUT2D eigenvalue weighted by molar-refractivity contribution is 7.99. The Kier molecular flexibility index (Phi) is 4.12. The Morgan fingerprint density at radius 2 is 2.05 bits per heavy atom. The largest absolute Gasteiger partial charge is 0.487 e. The van der Waals surface area contributed by atoms with Gasteiger partial charge < -0.3 is 10.5 Å². The molecule has 0 spiro atoms. The monoisotopic (exact) mass is 307 g/mol. The van der Waals surface area contributed by atoms with Crippen LogP contribution < -0.4 is 10.5 Å². The molecular weight excluding hydrogens is 292 g/mol. The zero-order chi connectivity index (χ0) is 14.8. The van der Waals surface area contributed by atoms with Crippen LogP contribution in [0.2, 0.25) is 0 Å². The predicted molar refractivity (Wildman–Crippen MR) is 79.6 cm³/mol. The Bertz CT molecular complexity index is 650. The highest BCUT2D eigenvalue weighted by atomic mass is 32.2. The minimum absolute atomic E-state index is 0.186. The van der Waals surface area contributed by atoms with Gasteiger partial charge in [-0.3, -0.25) is 0 Å². The number of hydrogen-bond donors (Lipinski definition) is 1. The second-order valence-electron chi connectivity index (χ2n) is 5.02. The van der Waals surface area contributed by atoms with Gasteiger partial charge in [0.2, 0.25) is 0 Å². The summed E-state index contributed by atoms with van der Waals surface area (Å²) in [6.07, 6.45) is 0.133. The normalized spacial score (nSPS) is 18.7. The molecule has 2 nitrogen and oxygen atoms in total. The van der Waals surface area contributed by atoms with Crippen LogP contribution in [0, 0.1) is 11.6 Å². The van der Waals surface area contributed by atoms with E-state index in [1.54, 1.807) is 11.8 Å². The van der Waals surface area contributed by atoms with Gasteiger partial charge in [-0.05, 0) is 30.2 Å². The van der Waals surface area contributed by atoms with Crippen molar-refractivity contribution in [2.45, 2.75) is 23.5 Å². The second kappa shape index (κ2) is 6.03. The number of benzene rings is 2. The first-order valence-electron chi connectivity index (χ1n) is 6.71. The molecule has 0 aromatic heterocycles. The van der Waals surface area contributed by atoms with Crippen LogP contribution in [0.15, 0.2) is 47.4 Å². The Labute approximate surface area is 126 Å². The number of nitrogens with two attached hydrogens (primary N) is 1. The molecule has 2 aromatic carbocycles. The number of halogens is 2. The average Bonchev–Trinajstić information content (AvgIpc) is 2.49. The first-order chi connectivity index (χ1) is 10.1. The Morgan fingerprint density at radius 3 is 2.86 bits per heavy atom. The summed E-state index contributed by atoms with van der Waals surface area (Å²) in [4.78, 5) is 1.09. The predicted octanol–water partition coefficient (Wildman–Crippen LogP) is 3.39. The molecule has 2 unspecified atom stereocenters. The van der Waals surface area contributed by atoms with Gasteiger partial charge in [-0.2, -0.15) is 0 Å². The molecule has 0 aliphatic carbocycles. The van der Waals surface area contributed by atoms with Crippen molar-refractivity contribution in [1.29, 1.82) is 0 Å². The summed E-state index contributed by atoms with van der Waals surface area (Å²) < 4.78 is 32.5. The van der Waals surface area contributed by atoms with Crippen molar-refractivity contribution in [1.82, 2.24) is 0 Å².